The van der Waals surface area contributed by atoms with E-state index in [1.165, 1.54) is 24.3 Å². The Morgan fingerprint density at radius 2 is 1.90 bits per heavy atom. The van der Waals surface area contributed by atoms with Gasteiger partial charge in [-0.15, -0.1) is 21.5 Å². The van der Waals surface area contributed by atoms with Gasteiger partial charge in [-0.1, -0.05) is 30.0 Å². The number of thioether (sulfide) groups is 1. The average molecular weight is 454 g/mol. The van der Waals surface area contributed by atoms with E-state index in [0.29, 0.717) is 24.2 Å². The highest BCUT2D eigenvalue weighted by molar-refractivity contribution is 7.99. The van der Waals surface area contributed by atoms with Gasteiger partial charge in [0.2, 0.25) is 0 Å². The zero-order chi connectivity index (χ0) is 21.6. The van der Waals surface area contributed by atoms with Gasteiger partial charge in [-0.05, 0) is 54.3 Å². The molecule has 4 rings (SSSR count). The Morgan fingerprint density at radius 1 is 1.10 bits per heavy atom. The normalized spacial score (nSPS) is 10.9. The van der Waals surface area contributed by atoms with Crippen LogP contribution in [0.25, 0.3) is 16.4 Å². The first-order valence-electron chi connectivity index (χ1n) is 9.71. The molecule has 2 aromatic carbocycles. The number of para-hydroxylation sites is 2. The lowest BCUT2D eigenvalue weighted by Crippen LogP contribution is -2.03. The number of carbonyl (C=O) groups excluding carboxylic acids is 1. The molecule has 0 N–H and O–H groups in total. The van der Waals surface area contributed by atoms with E-state index in [9.17, 15) is 9.18 Å². The lowest BCUT2D eigenvalue weighted by molar-refractivity contribution is 0.0982. The van der Waals surface area contributed by atoms with Crippen LogP contribution in [-0.4, -0.2) is 33.4 Å². The SMILES string of the molecule is COc1ccccc1-n1c(SCCCC(=O)c2ccc(F)cc2)nnc1-c1cccs1. The number of hydrogen-bond donors (Lipinski definition) is 0. The van der Waals surface area contributed by atoms with Crippen molar-refractivity contribution in [1.82, 2.24) is 14.8 Å². The number of halogens is 1. The van der Waals surface area contributed by atoms with Gasteiger partial charge in [0.25, 0.3) is 0 Å². The van der Waals surface area contributed by atoms with Crippen molar-refractivity contribution in [3.63, 3.8) is 0 Å². The molecule has 0 aliphatic heterocycles. The summed E-state index contributed by atoms with van der Waals surface area (Å²) in [7, 11) is 1.64. The number of aromatic nitrogens is 3. The van der Waals surface area contributed by atoms with Gasteiger partial charge < -0.3 is 4.74 Å². The fraction of sp³-hybridized carbons (Fsp3) is 0.174. The molecule has 0 saturated heterocycles. The Balaban J connectivity index is 1.51. The van der Waals surface area contributed by atoms with E-state index in [1.807, 2.05) is 46.3 Å². The van der Waals surface area contributed by atoms with Crippen LogP contribution < -0.4 is 4.74 Å². The van der Waals surface area contributed by atoms with E-state index in [4.69, 9.17) is 4.74 Å². The molecule has 0 unspecified atom stereocenters. The molecule has 2 heterocycles. The van der Waals surface area contributed by atoms with Gasteiger partial charge in [0.05, 0.1) is 17.7 Å². The van der Waals surface area contributed by atoms with Crippen LogP contribution in [-0.2, 0) is 0 Å². The predicted molar refractivity (Wildman–Crippen MR) is 122 cm³/mol. The Bertz CT molecular complexity index is 1160. The molecular formula is C23H20FN3O2S2. The molecule has 0 bridgehead atoms. The highest BCUT2D eigenvalue weighted by Crippen LogP contribution is 2.34. The summed E-state index contributed by atoms with van der Waals surface area (Å²) in [6.07, 6.45) is 1.06. The summed E-state index contributed by atoms with van der Waals surface area (Å²) in [4.78, 5) is 13.3. The van der Waals surface area contributed by atoms with Gasteiger partial charge in [0.1, 0.15) is 11.6 Å². The van der Waals surface area contributed by atoms with Crippen molar-refractivity contribution in [3.8, 4) is 22.1 Å². The van der Waals surface area contributed by atoms with Crippen LogP contribution in [0.2, 0.25) is 0 Å². The minimum atomic E-state index is -0.343. The van der Waals surface area contributed by atoms with Crippen LogP contribution in [0.4, 0.5) is 4.39 Å². The van der Waals surface area contributed by atoms with Crippen molar-refractivity contribution < 1.29 is 13.9 Å². The van der Waals surface area contributed by atoms with Gasteiger partial charge in [0.15, 0.2) is 16.8 Å². The van der Waals surface area contributed by atoms with E-state index in [2.05, 4.69) is 10.2 Å². The summed E-state index contributed by atoms with van der Waals surface area (Å²) in [5.74, 6) is 1.85. The molecule has 0 saturated carbocycles. The molecule has 0 aliphatic carbocycles. The molecule has 0 atom stereocenters. The summed E-state index contributed by atoms with van der Waals surface area (Å²) >= 11 is 3.14. The minimum Gasteiger partial charge on any atom is -0.495 e. The Labute approximate surface area is 187 Å². The Kier molecular flexibility index (Phi) is 6.79. The minimum absolute atomic E-state index is 0.00562. The summed E-state index contributed by atoms with van der Waals surface area (Å²) in [6, 6.07) is 17.4. The third kappa shape index (κ3) is 4.86. The lowest BCUT2D eigenvalue weighted by atomic mass is 10.1. The quantitative estimate of drug-likeness (QED) is 0.179. The van der Waals surface area contributed by atoms with Gasteiger partial charge >= 0.3 is 0 Å². The van der Waals surface area contributed by atoms with Crippen LogP contribution in [0.15, 0.2) is 71.2 Å². The van der Waals surface area contributed by atoms with Crippen LogP contribution in [0.1, 0.15) is 23.2 Å². The molecule has 158 valence electrons. The van der Waals surface area contributed by atoms with Gasteiger partial charge in [0, 0.05) is 17.7 Å². The largest absolute Gasteiger partial charge is 0.495 e. The number of nitrogens with zero attached hydrogens (tertiary/aromatic N) is 3. The van der Waals surface area contributed by atoms with E-state index in [0.717, 1.165) is 27.3 Å². The van der Waals surface area contributed by atoms with Gasteiger partial charge in [-0.25, -0.2) is 4.39 Å². The highest BCUT2D eigenvalue weighted by Gasteiger charge is 2.19. The lowest BCUT2D eigenvalue weighted by Gasteiger charge is -2.13. The van der Waals surface area contributed by atoms with E-state index < -0.39 is 0 Å². The van der Waals surface area contributed by atoms with E-state index in [-0.39, 0.29) is 11.6 Å². The molecular weight excluding hydrogens is 433 g/mol. The molecule has 8 heteroatoms. The first kappa shape index (κ1) is 21.3. The number of ether oxygens (including phenoxy) is 1. The number of carbonyl (C=O) groups is 1. The third-order valence-corrected chi connectivity index (χ3v) is 6.53. The summed E-state index contributed by atoms with van der Waals surface area (Å²) in [5, 5.41) is 11.6. The van der Waals surface area contributed by atoms with Crippen LogP contribution in [0.5, 0.6) is 5.75 Å². The zero-order valence-electron chi connectivity index (χ0n) is 16.8. The Morgan fingerprint density at radius 3 is 2.65 bits per heavy atom. The monoisotopic (exact) mass is 453 g/mol. The number of ketones is 1. The van der Waals surface area contributed by atoms with Crippen LogP contribution >= 0.6 is 23.1 Å². The molecule has 4 aromatic rings. The zero-order valence-corrected chi connectivity index (χ0v) is 18.5. The second-order valence-electron chi connectivity index (χ2n) is 6.67. The standard InChI is InChI=1S/C23H20FN3O2S2/c1-29-20-8-3-2-6-18(20)27-22(21-9-5-14-30-21)25-26-23(27)31-15-4-7-19(28)16-10-12-17(24)13-11-16/h2-3,5-6,8-14H,4,7,15H2,1H3. The molecule has 0 aliphatic rings. The number of methoxy groups -OCH3 is 1. The second-order valence-corrected chi connectivity index (χ2v) is 8.68. The maximum atomic E-state index is 13.0. The average Bonchev–Trinajstić information content (AvgIpc) is 3.47. The molecule has 0 amide bonds. The highest BCUT2D eigenvalue weighted by atomic mass is 32.2. The molecule has 2 aromatic heterocycles. The number of hydrogen-bond acceptors (Lipinski definition) is 6. The van der Waals surface area contributed by atoms with Crippen molar-refractivity contribution in [2.45, 2.75) is 18.0 Å². The van der Waals surface area contributed by atoms with Crippen LogP contribution in [0.3, 0.4) is 0 Å². The topological polar surface area (TPSA) is 57.0 Å². The van der Waals surface area contributed by atoms with Gasteiger partial charge in [-0.2, -0.15) is 0 Å². The molecule has 31 heavy (non-hydrogen) atoms. The summed E-state index contributed by atoms with van der Waals surface area (Å²) in [5.41, 5.74) is 1.40. The second kappa shape index (κ2) is 9.89. The number of rotatable bonds is 9. The smallest absolute Gasteiger partial charge is 0.196 e. The van der Waals surface area contributed by atoms with Crippen LogP contribution in [0, 0.1) is 5.82 Å². The van der Waals surface area contributed by atoms with Crippen molar-refractivity contribution >= 4 is 28.9 Å². The summed E-state index contributed by atoms with van der Waals surface area (Å²) < 4.78 is 20.6. The molecule has 0 radical (unpaired) electrons. The van der Waals surface area contributed by atoms with Gasteiger partial charge in [-0.3, -0.25) is 9.36 Å². The maximum absolute atomic E-state index is 13.0. The van der Waals surface area contributed by atoms with Crippen molar-refractivity contribution in [1.29, 1.82) is 0 Å². The number of Topliss-reactive ketones (excluding diaryl/α,β-unsaturated/α-hetero) is 1. The molecule has 0 fully saturated rings. The van der Waals surface area contributed by atoms with E-state index in [1.54, 1.807) is 30.2 Å². The Hall–Kier alpha value is -2.97. The third-order valence-electron chi connectivity index (χ3n) is 4.65. The molecule has 0 spiro atoms. The van der Waals surface area contributed by atoms with Crippen molar-refractivity contribution in [2.24, 2.45) is 0 Å². The summed E-state index contributed by atoms with van der Waals surface area (Å²) in [6.45, 7) is 0. The fourth-order valence-corrected chi connectivity index (χ4v) is 4.72. The van der Waals surface area contributed by atoms with Crippen molar-refractivity contribution in [2.75, 3.05) is 12.9 Å². The first-order valence-corrected chi connectivity index (χ1v) is 11.6. The first-order chi connectivity index (χ1) is 15.2. The van der Waals surface area contributed by atoms with E-state index >= 15 is 0 Å². The number of thiophene rings is 1. The van der Waals surface area contributed by atoms with Crippen molar-refractivity contribution in [3.05, 3.63) is 77.4 Å². The number of benzene rings is 2. The predicted octanol–water partition coefficient (Wildman–Crippen LogP) is 5.90. The maximum Gasteiger partial charge on any atom is 0.196 e. The molecule has 5 nitrogen and oxygen atoms in total. The fourth-order valence-electron chi connectivity index (χ4n) is 3.14.